The van der Waals surface area contributed by atoms with E-state index in [1.165, 1.54) is 70.8 Å². The molecular formula is C15H29N. The summed E-state index contributed by atoms with van der Waals surface area (Å²) in [5, 5.41) is 0. The number of hydrogen-bond donors (Lipinski definition) is 0. The Bertz CT molecular complexity index is 205. The smallest absolute Gasteiger partial charge is 0.0224 e. The van der Waals surface area contributed by atoms with Crippen LogP contribution in [0.15, 0.2) is 0 Å². The largest absolute Gasteiger partial charge is 0.295 e. The maximum absolute atomic E-state index is 2.88. The molecule has 0 aromatic heterocycles. The standard InChI is InChI=1S/C15H29N/c1-3-5-6-9-14(4-2)16-13-12-15(16)10-7-8-11-15/h14H,3-13H2,1-2H3. The minimum Gasteiger partial charge on any atom is -0.295 e. The number of hydrogen-bond acceptors (Lipinski definition) is 1. The van der Waals surface area contributed by atoms with E-state index in [4.69, 9.17) is 0 Å². The fourth-order valence-corrected chi connectivity index (χ4v) is 3.91. The highest BCUT2D eigenvalue weighted by molar-refractivity contribution is 5.04. The maximum Gasteiger partial charge on any atom is 0.0224 e. The van der Waals surface area contributed by atoms with Gasteiger partial charge in [0.15, 0.2) is 0 Å². The zero-order valence-corrected chi connectivity index (χ0v) is 11.3. The predicted molar refractivity (Wildman–Crippen MR) is 70.7 cm³/mol. The highest BCUT2D eigenvalue weighted by Gasteiger charge is 2.48. The van der Waals surface area contributed by atoms with Gasteiger partial charge in [-0.05, 0) is 32.1 Å². The van der Waals surface area contributed by atoms with Gasteiger partial charge in [0, 0.05) is 18.1 Å². The van der Waals surface area contributed by atoms with E-state index in [0.717, 1.165) is 6.04 Å². The van der Waals surface area contributed by atoms with Crippen LogP contribution in [0.3, 0.4) is 0 Å². The van der Waals surface area contributed by atoms with Crippen LogP contribution in [0.1, 0.15) is 78.1 Å². The first-order valence-corrected chi connectivity index (χ1v) is 7.59. The van der Waals surface area contributed by atoms with Gasteiger partial charge in [-0.2, -0.15) is 0 Å². The Morgan fingerprint density at radius 2 is 1.81 bits per heavy atom. The van der Waals surface area contributed by atoms with E-state index in [1.807, 2.05) is 0 Å². The molecule has 1 aliphatic carbocycles. The molecule has 0 amide bonds. The molecule has 0 N–H and O–H groups in total. The molecule has 94 valence electrons. The van der Waals surface area contributed by atoms with Gasteiger partial charge in [-0.15, -0.1) is 0 Å². The number of likely N-dealkylation sites (tertiary alicyclic amines) is 1. The Labute approximate surface area is 102 Å². The molecule has 1 unspecified atom stereocenters. The van der Waals surface area contributed by atoms with Gasteiger partial charge < -0.3 is 0 Å². The molecule has 0 radical (unpaired) electrons. The van der Waals surface area contributed by atoms with Crippen LogP contribution in [0.2, 0.25) is 0 Å². The van der Waals surface area contributed by atoms with Crippen LogP contribution < -0.4 is 0 Å². The molecule has 2 aliphatic rings. The molecule has 0 aromatic rings. The Balaban J connectivity index is 1.84. The van der Waals surface area contributed by atoms with Gasteiger partial charge in [0.05, 0.1) is 0 Å². The van der Waals surface area contributed by atoms with Gasteiger partial charge in [-0.1, -0.05) is 46.0 Å². The van der Waals surface area contributed by atoms with Crippen molar-refractivity contribution in [3.8, 4) is 0 Å². The Morgan fingerprint density at radius 3 is 2.31 bits per heavy atom. The molecule has 0 aromatic carbocycles. The summed E-state index contributed by atoms with van der Waals surface area (Å²) in [5.74, 6) is 0. The molecule has 1 saturated carbocycles. The van der Waals surface area contributed by atoms with Crippen molar-refractivity contribution in [1.82, 2.24) is 4.90 Å². The average molecular weight is 223 g/mol. The molecule has 1 atom stereocenters. The monoisotopic (exact) mass is 223 g/mol. The summed E-state index contributed by atoms with van der Waals surface area (Å²) < 4.78 is 0. The van der Waals surface area contributed by atoms with Crippen LogP contribution in [-0.4, -0.2) is 23.0 Å². The first-order chi connectivity index (χ1) is 7.82. The number of unbranched alkanes of at least 4 members (excludes halogenated alkanes) is 2. The Morgan fingerprint density at radius 1 is 1.06 bits per heavy atom. The van der Waals surface area contributed by atoms with Crippen molar-refractivity contribution in [2.45, 2.75) is 89.6 Å². The first kappa shape index (κ1) is 12.4. The van der Waals surface area contributed by atoms with Crippen LogP contribution >= 0.6 is 0 Å². The van der Waals surface area contributed by atoms with E-state index in [1.54, 1.807) is 0 Å². The summed E-state index contributed by atoms with van der Waals surface area (Å²) in [7, 11) is 0. The van der Waals surface area contributed by atoms with Gasteiger partial charge in [-0.25, -0.2) is 0 Å². The highest BCUT2D eigenvalue weighted by atomic mass is 15.3. The van der Waals surface area contributed by atoms with Crippen LogP contribution in [0, 0.1) is 0 Å². The van der Waals surface area contributed by atoms with Gasteiger partial charge >= 0.3 is 0 Å². The second kappa shape index (κ2) is 5.53. The third-order valence-corrected chi connectivity index (χ3v) is 5.01. The van der Waals surface area contributed by atoms with Crippen LogP contribution in [0.25, 0.3) is 0 Å². The summed E-state index contributed by atoms with van der Waals surface area (Å²) >= 11 is 0. The lowest BCUT2D eigenvalue weighted by molar-refractivity contribution is -0.0504. The van der Waals surface area contributed by atoms with E-state index in [-0.39, 0.29) is 0 Å². The second-order valence-corrected chi connectivity index (χ2v) is 5.93. The molecule has 1 spiro atoms. The SMILES string of the molecule is CCCCCC(CC)N1CCC12CCCC2. The summed E-state index contributed by atoms with van der Waals surface area (Å²) in [5.41, 5.74) is 0.687. The molecule has 2 fully saturated rings. The number of nitrogens with zero attached hydrogens (tertiary/aromatic N) is 1. The minimum absolute atomic E-state index is 0.687. The van der Waals surface area contributed by atoms with Crippen molar-refractivity contribution in [2.24, 2.45) is 0 Å². The van der Waals surface area contributed by atoms with Crippen LogP contribution in [0.5, 0.6) is 0 Å². The van der Waals surface area contributed by atoms with Crippen molar-refractivity contribution >= 4 is 0 Å². The minimum atomic E-state index is 0.687. The highest BCUT2D eigenvalue weighted by Crippen LogP contribution is 2.46. The molecule has 1 aliphatic heterocycles. The van der Waals surface area contributed by atoms with E-state index >= 15 is 0 Å². The summed E-state index contributed by atoms with van der Waals surface area (Å²) in [6, 6.07) is 0.901. The number of rotatable bonds is 6. The van der Waals surface area contributed by atoms with Crippen molar-refractivity contribution in [2.75, 3.05) is 6.54 Å². The van der Waals surface area contributed by atoms with E-state index < -0.39 is 0 Å². The maximum atomic E-state index is 2.88. The zero-order valence-electron chi connectivity index (χ0n) is 11.3. The van der Waals surface area contributed by atoms with E-state index in [2.05, 4.69) is 18.7 Å². The van der Waals surface area contributed by atoms with Crippen molar-refractivity contribution in [3.05, 3.63) is 0 Å². The third kappa shape index (κ3) is 2.30. The fraction of sp³-hybridized carbons (Fsp3) is 1.00. The quantitative estimate of drug-likeness (QED) is 0.605. The molecule has 1 heterocycles. The molecule has 0 bridgehead atoms. The Hall–Kier alpha value is -0.0400. The van der Waals surface area contributed by atoms with Crippen molar-refractivity contribution in [1.29, 1.82) is 0 Å². The molecule has 1 saturated heterocycles. The summed E-state index contributed by atoms with van der Waals surface area (Å²) in [6.45, 7) is 6.09. The van der Waals surface area contributed by atoms with Crippen molar-refractivity contribution < 1.29 is 0 Å². The fourth-order valence-electron chi connectivity index (χ4n) is 3.91. The second-order valence-electron chi connectivity index (χ2n) is 5.93. The predicted octanol–water partition coefficient (Wildman–Crippen LogP) is 4.36. The normalized spacial score (nSPS) is 25.9. The van der Waals surface area contributed by atoms with Gasteiger partial charge in [0.25, 0.3) is 0 Å². The third-order valence-electron chi connectivity index (χ3n) is 5.01. The molecule has 1 heteroatoms. The summed E-state index contributed by atoms with van der Waals surface area (Å²) in [4.78, 5) is 2.88. The van der Waals surface area contributed by atoms with E-state index in [9.17, 15) is 0 Å². The topological polar surface area (TPSA) is 3.24 Å². The molecule has 2 rings (SSSR count). The average Bonchev–Trinajstić information content (AvgIpc) is 2.77. The molecule has 1 nitrogen and oxygen atoms in total. The van der Waals surface area contributed by atoms with Gasteiger partial charge in [-0.3, -0.25) is 4.90 Å². The first-order valence-electron chi connectivity index (χ1n) is 7.59. The molecule has 16 heavy (non-hydrogen) atoms. The van der Waals surface area contributed by atoms with Gasteiger partial charge in [0.2, 0.25) is 0 Å². The lowest BCUT2D eigenvalue weighted by Gasteiger charge is -2.55. The lowest BCUT2D eigenvalue weighted by atomic mass is 9.80. The van der Waals surface area contributed by atoms with E-state index in [0.29, 0.717) is 5.54 Å². The lowest BCUT2D eigenvalue weighted by Crippen LogP contribution is -2.61. The van der Waals surface area contributed by atoms with Crippen LogP contribution in [0.4, 0.5) is 0 Å². The van der Waals surface area contributed by atoms with Gasteiger partial charge in [0.1, 0.15) is 0 Å². The summed E-state index contributed by atoms with van der Waals surface area (Å²) in [6.07, 6.45) is 14.5. The zero-order chi connectivity index (χ0) is 11.4. The van der Waals surface area contributed by atoms with Crippen molar-refractivity contribution in [3.63, 3.8) is 0 Å². The van der Waals surface area contributed by atoms with Crippen LogP contribution in [-0.2, 0) is 0 Å². The molecular weight excluding hydrogens is 194 g/mol. The Kier molecular flexibility index (Phi) is 4.29.